The van der Waals surface area contributed by atoms with Crippen LogP contribution in [0.1, 0.15) is 42.5 Å². The summed E-state index contributed by atoms with van der Waals surface area (Å²) in [4.78, 5) is 40.0. The Hall–Kier alpha value is -3.18. The highest BCUT2D eigenvalue weighted by Gasteiger charge is 2.40. The maximum absolute atomic E-state index is 13.1. The number of aromatic nitrogens is 1. The molecule has 2 amide bonds. The van der Waals surface area contributed by atoms with Gasteiger partial charge in [0.15, 0.2) is 0 Å². The summed E-state index contributed by atoms with van der Waals surface area (Å²) >= 11 is 0. The highest BCUT2D eigenvalue weighted by atomic mass is 32.2. The number of carbonyl (C=O) groups is 3. The van der Waals surface area contributed by atoms with Crippen molar-refractivity contribution in [2.24, 2.45) is 0 Å². The molecular weight excluding hydrogens is 472 g/mol. The van der Waals surface area contributed by atoms with Crippen molar-refractivity contribution < 1.29 is 27.9 Å². The van der Waals surface area contributed by atoms with Gasteiger partial charge in [-0.15, -0.1) is 0 Å². The zero-order chi connectivity index (χ0) is 25.6. The standard InChI is InChI=1S/C24H32N4O6S/c1-16-5-7-18(8-6-16)35(33,34)28-15-3-4-21(28)23(30)27-20(24(31)32)9-10-22(29)26-14-12-19-17(2)11-13-25-19/h5-8,11,13,20-21,25H,3-4,9-10,12,14-15H2,1-2H3,(H,26,29)(H,27,30)(H,31,32)/t20-,21-/m0/s1. The van der Waals surface area contributed by atoms with E-state index in [1.165, 1.54) is 12.1 Å². The number of nitrogens with one attached hydrogen (secondary N) is 3. The molecule has 3 rings (SSSR count). The molecule has 0 saturated carbocycles. The summed E-state index contributed by atoms with van der Waals surface area (Å²) in [6, 6.07) is 5.99. The Morgan fingerprint density at radius 3 is 2.51 bits per heavy atom. The number of aryl methyl sites for hydroxylation is 2. The molecule has 0 unspecified atom stereocenters. The van der Waals surface area contributed by atoms with Gasteiger partial charge in [0.1, 0.15) is 12.1 Å². The van der Waals surface area contributed by atoms with Crippen LogP contribution in [0.3, 0.4) is 0 Å². The molecule has 2 atom stereocenters. The normalized spacial score (nSPS) is 17.1. The number of nitrogens with zero attached hydrogens (tertiary/aromatic N) is 1. The van der Waals surface area contributed by atoms with Gasteiger partial charge in [0.2, 0.25) is 21.8 Å². The maximum Gasteiger partial charge on any atom is 0.326 e. The summed E-state index contributed by atoms with van der Waals surface area (Å²) in [5, 5.41) is 14.7. The van der Waals surface area contributed by atoms with Crippen LogP contribution in [-0.4, -0.2) is 65.8 Å². The van der Waals surface area contributed by atoms with Crippen LogP contribution >= 0.6 is 0 Å². The Kier molecular flexibility index (Phi) is 8.68. The molecule has 0 aliphatic carbocycles. The molecular formula is C24H32N4O6S. The van der Waals surface area contributed by atoms with Crippen LogP contribution in [0.15, 0.2) is 41.4 Å². The van der Waals surface area contributed by atoms with Crippen LogP contribution < -0.4 is 10.6 Å². The van der Waals surface area contributed by atoms with Gasteiger partial charge in [-0.25, -0.2) is 13.2 Å². The first-order valence-corrected chi connectivity index (χ1v) is 13.0. The molecule has 1 fully saturated rings. The molecule has 1 aliphatic rings. The third kappa shape index (κ3) is 6.70. The SMILES string of the molecule is Cc1ccc(S(=O)(=O)N2CCC[C@H]2C(=O)N[C@@H](CCC(=O)NCCc2[nH]ccc2C)C(=O)O)cc1. The van der Waals surface area contributed by atoms with Crippen LogP contribution in [-0.2, 0) is 30.8 Å². The minimum Gasteiger partial charge on any atom is -0.480 e. The van der Waals surface area contributed by atoms with Gasteiger partial charge in [-0.1, -0.05) is 17.7 Å². The first kappa shape index (κ1) is 26.4. The quantitative estimate of drug-likeness (QED) is 0.364. The lowest BCUT2D eigenvalue weighted by Crippen LogP contribution is -2.51. The molecule has 4 N–H and O–H groups in total. The smallest absolute Gasteiger partial charge is 0.326 e. The Balaban J connectivity index is 1.55. The molecule has 0 radical (unpaired) electrons. The minimum absolute atomic E-state index is 0.0863. The first-order chi connectivity index (χ1) is 16.6. The maximum atomic E-state index is 13.1. The van der Waals surface area contributed by atoms with E-state index in [1.807, 2.05) is 26.1 Å². The van der Waals surface area contributed by atoms with Crippen molar-refractivity contribution >= 4 is 27.8 Å². The summed E-state index contributed by atoms with van der Waals surface area (Å²) in [7, 11) is -3.91. The van der Waals surface area contributed by atoms with Gasteiger partial charge >= 0.3 is 5.97 Å². The Morgan fingerprint density at radius 2 is 1.89 bits per heavy atom. The molecule has 190 valence electrons. The predicted molar refractivity (Wildman–Crippen MR) is 129 cm³/mol. The highest BCUT2D eigenvalue weighted by Crippen LogP contribution is 2.26. The molecule has 1 aliphatic heterocycles. The molecule has 0 spiro atoms. The molecule has 1 saturated heterocycles. The lowest BCUT2D eigenvalue weighted by Gasteiger charge is -2.25. The van der Waals surface area contributed by atoms with Crippen molar-refractivity contribution in [1.29, 1.82) is 0 Å². The lowest BCUT2D eigenvalue weighted by atomic mass is 10.1. The number of hydrogen-bond donors (Lipinski definition) is 4. The van der Waals surface area contributed by atoms with Crippen LogP contribution in [0, 0.1) is 13.8 Å². The van der Waals surface area contributed by atoms with E-state index in [-0.39, 0.29) is 30.2 Å². The van der Waals surface area contributed by atoms with Gasteiger partial charge in [-0.2, -0.15) is 4.31 Å². The average Bonchev–Trinajstić information content (AvgIpc) is 3.46. The molecule has 10 nitrogen and oxygen atoms in total. The lowest BCUT2D eigenvalue weighted by molar-refractivity contribution is -0.142. The summed E-state index contributed by atoms with van der Waals surface area (Å²) in [6.07, 6.45) is 3.04. The van der Waals surface area contributed by atoms with Crippen LogP contribution in [0.2, 0.25) is 0 Å². The molecule has 2 heterocycles. The van der Waals surface area contributed by atoms with E-state index in [4.69, 9.17) is 0 Å². The second-order valence-electron chi connectivity index (χ2n) is 8.76. The van der Waals surface area contributed by atoms with Crippen molar-refractivity contribution in [3.8, 4) is 0 Å². The van der Waals surface area contributed by atoms with Gasteiger partial charge in [0.25, 0.3) is 0 Å². The molecule has 0 bridgehead atoms. The van der Waals surface area contributed by atoms with Crippen molar-refractivity contribution in [3.05, 3.63) is 53.3 Å². The molecule has 11 heteroatoms. The highest BCUT2D eigenvalue weighted by molar-refractivity contribution is 7.89. The Labute approximate surface area is 205 Å². The van der Waals surface area contributed by atoms with Crippen LogP contribution in [0.4, 0.5) is 0 Å². The number of carbonyl (C=O) groups excluding carboxylic acids is 2. The molecule has 2 aromatic rings. The number of aromatic amines is 1. The number of aliphatic carboxylic acids is 1. The van der Waals surface area contributed by atoms with Crippen molar-refractivity contribution in [2.75, 3.05) is 13.1 Å². The fraction of sp³-hybridized carbons (Fsp3) is 0.458. The number of sulfonamides is 1. The van der Waals surface area contributed by atoms with Gasteiger partial charge in [0, 0.05) is 37.8 Å². The number of amides is 2. The minimum atomic E-state index is -3.91. The number of hydrogen-bond acceptors (Lipinski definition) is 5. The third-order valence-corrected chi connectivity index (χ3v) is 8.10. The topological polar surface area (TPSA) is 149 Å². The number of carboxylic acid groups (broad SMARTS) is 1. The van der Waals surface area contributed by atoms with E-state index in [0.29, 0.717) is 25.8 Å². The Morgan fingerprint density at radius 1 is 1.17 bits per heavy atom. The molecule has 1 aromatic carbocycles. The number of rotatable bonds is 11. The summed E-state index contributed by atoms with van der Waals surface area (Å²) < 4.78 is 27.3. The number of carboxylic acids is 1. The number of benzene rings is 1. The monoisotopic (exact) mass is 504 g/mol. The number of H-pyrrole nitrogens is 1. The van der Waals surface area contributed by atoms with Gasteiger partial charge in [-0.3, -0.25) is 9.59 Å². The summed E-state index contributed by atoms with van der Waals surface area (Å²) in [5.41, 5.74) is 3.02. The van der Waals surface area contributed by atoms with E-state index in [9.17, 15) is 27.9 Å². The first-order valence-electron chi connectivity index (χ1n) is 11.6. The zero-order valence-electron chi connectivity index (χ0n) is 19.9. The average molecular weight is 505 g/mol. The van der Waals surface area contributed by atoms with Crippen LogP contribution in [0.25, 0.3) is 0 Å². The molecule has 35 heavy (non-hydrogen) atoms. The van der Waals surface area contributed by atoms with Crippen molar-refractivity contribution in [1.82, 2.24) is 19.9 Å². The third-order valence-electron chi connectivity index (χ3n) is 6.17. The second-order valence-corrected chi connectivity index (χ2v) is 10.7. The zero-order valence-corrected chi connectivity index (χ0v) is 20.7. The second kappa shape index (κ2) is 11.5. The van der Waals surface area contributed by atoms with Crippen LogP contribution in [0.5, 0.6) is 0 Å². The fourth-order valence-electron chi connectivity index (χ4n) is 4.10. The van der Waals surface area contributed by atoms with Crippen molar-refractivity contribution in [2.45, 2.75) is 62.9 Å². The van der Waals surface area contributed by atoms with E-state index in [2.05, 4.69) is 15.6 Å². The van der Waals surface area contributed by atoms with Gasteiger partial charge in [-0.05, 0) is 56.9 Å². The largest absolute Gasteiger partial charge is 0.480 e. The van der Waals surface area contributed by atoms with E-state index in [1.54, 1.807) is 12.1 Å². The van der Waals surface area contributed by atoms with Gasteiger partial charge in [0.05, 0.1) is 4.90 Å². The summed E-state index contributed by atoms with van der Waals surface area (Å²) in [6.45, 7) is 4.38. The van der Waals surface area contributed by atoms with Gasteiger partial charge < -0.3 is 20.7 Å². The molecule has 1 aromatic heterocycles. The van der Waals surface area contributed by atoms with E-state index >= 15 is 0 Å². The Bertz CT molecular complexity index is 1160. The fourth-order valence-corrected chi connectivity index (χ4v) is 5.76. The van der Waals surface area contributed by atoms with Crippen molar-refractivity contribution in [3.63, 3.8) is 0 Å². The predicted octanol–water partition coefficient (Wildman–Crippen LogP) is 1.49. The summed E-state index contributed by atoms with van der Waals surface area (Å²) in [5.74, 6) is -2.27. The van der Waals surface area contributed by atoms with E-state index in [0.717, 1.165) is 21.1 Å². The van der Waals surface area contributed by atoms with E-state index < -0.39 is 34.0 Å².